The van der Waals surface area contributed by atoms with Crippen molar-refractivity contribution in [2.24, 2.45) is 5.92 Å². The highest BCUT2D eigenvalue weighted by atomic mass is 16.1. The molecule has 1 atom stereocenters. The van der Waals surface area contributed by atoms with Crippen molar-refractivity contribution in [3.8, 4) is 0 Å². The first-order valence-electron chi connectivity index (χ1n) is 9.23. The minimum absolute atomic E-state index is 0.0916. The summed E-state index contributed by atoms with van der Waals surface area (Å²) in [5.74, 6) is 0.258. The standard InChI is InChI=1S/C21H26N4O/c1-14(22)17-13-16(10-11-18(17)23)21(26)25-20(15-7-3-2-4-8-15)19-9-5-6-12-24-19/h5-6,9-13,15,20,22H,2-4,7-8,23H2,1H3,(H,25,26). The van der Waals surface area contributed by atoms with Gasteiger partial charge in [0.15, 0.2) is 0 Å². The van der Waals surface area contributed by atoms with Gasteiger partial charge >= 0.3 is 0 Å². The summed E-state index contributed by atoms with van der Waals surface area (Å²) in [6.45, 7) is 1.67. The Morgan fingerprint density at radius 3 is 2.65 bits per heavy atom. The third kappa shape index (κ3) is 4.10. The quantitative estimate of drug-likeness (QED) is 0.560. The Bertz CT molecular complexity index is 782. The van der Waals surface area contributed by atoms with Crippen LogP contribution in [-0.2, 0) is 0 Å². The molecule has 2 aromatic rings. The summed E-state index contributed by atoms with van der Waals surface area (Å²) >= 11 is 0. The molecule has 1 aromatic carbocycles. The van der Waals surface area contributed by atoms with Crippen LogP contribution in [0.15, 0.2) is 42.6 Å². The van der Waals surface area contributed by atoms with Crippen LogP contribution in [0.5, 0.6) is 0 Å². The van der Waals surface area contributed by atoms with Gasteiger partial charge in [0.25, 0.3) is 5.91 Å². The van der Waals surface area contributed by atoms with Crippen molar-refractivity contribution in [3.63, 3.8) is 0 Å². The van der Waals surface area contributed by atoms with Crippen LogP contribution in [0, 0.1) is 11.3 Å². The normalized spacial score (nSPS) is 16.0. The van der Waals surface area contributed by atoms with E-state index in [0.29, 0.717) is 28.4 Å². The first-order chi connectivity index (χ1) is 12.6. The van der Waals surface area contributed by atoms with Gasteiger partial charge in [0.1, 0.15) is 0 Å². The minimum atomic E-state index is -0.145. The van der Waals surface area contributed by atoms with Gasteiger partial charge in [-0.1, -0.05) is 25.3 Å². The minimum Gasteiger partial charge on any atom is -0.398 e. The number of nitrogens with one attached hydrogen (secondary N) is 2. The molecule has 1 saturated carbocycles. The number of hydrogen-bond acceptors (Lipinski definition) is 4. The van der Waals surface area contributed by atoms with Gasteiger partial charge in [-0.2, -0.15) is 0 Å². The fourth-order valence-corrected chi connectivity index (χ4v) is 3.71. The second-order valence-electron chi connectivity index (χ2n) is 7.03. The van der Waals surface area contributed by atoms with Crippen LogP contribution in [0.2, 0.25) is 0 Å². The Morgan fingerprint density at radius 1 is 1.23 bits per heavy atom. The maximum Gasteiger partial charge on any atom is 0.251 e. The molecule has 5 heteroatoms. The van der Waals surface area contributed by atoms with Crippen LogP contribution in [0.4, 0.5) is 5.69 Å². The first kappa shape index (κ1) is 18.1. The van der Waals surface area contributed by atoms with Crippen LogP contribution < -0.4 is 11.1 Å². The molecule has 1 aliphatic rings. The molecule has 136 valence electrons. The van der Waals surface area contributed by atoms with Crippen LogP contribution in [0.25, 0.3) is 0 Å². The van der Waals surface area contributed by atoms with E-state index in [1.165, 1.54) is 19.3 Å². The predicted octanol–water partition coefficient (Wildman–Crippen LogP) is 4.10. The zero-order valence-electron chi connectivity index (χ0n) is 15.2. The van der Waals surface area contributed by atoms with E-state index < -0.39 is 0 Å². The van der Waals surface area contributed by atoms with Crippen molar-refractivity contribution in [2.45, 2.75) is 45.1 Å². The van der Waals surface area contributed by atoms with E-state index in [2.05, 4.69) is 10.3 Å². The second-order valence-corrected chi connectivity index (χ2v) is 7.03. The maximum absolute atomic E-state index is 12.9. The zero-order chi connectivity index (χ0) is 18.5. The number of nitrogens with two attached hydrogens (primary N) is 1. The van der Waals surface area contributed by atoms with Crippen molar-refractivity contribution < 1.29 is 4.79 Å². The average molecular weight is 350 g/mol. The van der Waals surface area contributed by atoms with Gasteiger partial charge in [-0.05, 0) is 56.0 Å². The largest absolute Gasteiger partial charge is 0.398 e. The summed E-state index contributed by atoms with van der Waals surface area (Å²) < 4.78 is 0. The summed E-state index contributed by atoms with van der Waals surface area (Å²) in [6.07, 6.45) is 7.64. The van der Waals surface area contributed by atoms with Gasteiger partial charge in [-0.15, -0.1) is 0 Å². The van der Waals surface area contributed by atoms with Crippen molar-refractivity contribution in [1.29, 1.82) is 5.41 Å². The molecule has 4 N–H and O–H groups in total. The van der Waals surface area contributed by atoms with Gasteiger partial charge < -0.3 is 16.5 Å². The molecule has 0 saturated heterocycles. The highest BCUT2D eigenvalue weighted by Gasteiger charge is 2.28. The Hall–Kier alpha value is -2.69. The molecule has 5 nitrogen and oxygen atoms in total. The molecule has 26 heavy (non-hydrogen) atoms. The van der Waals surface area contributed by atoms with Gasteiger partial charge in [0.05, 0.1) is 11.7 Å². The van der Waals surface area contributed by atoms with E-state index in [0.717, 1.165) is 18.5 Å². The number of nitrogen functional groups attached to an aromatic ring is 1. The molecule has 0 spiro atoms. The van der Waals surface area contributed by atoms with E-state index in [1.54, 1.807) is 31.3 Å². The highest BCUT2D eigenvalue weighted by Crippen LogP contribution is 2.34. The van der Waals surface area contributed by atoms with Crippen LogP contribution >= 0.6 is 0 Å². The third-order valence-corrected chi connectivity index (χ3v) is 5.13. The van der Waals surface area contributed by atoms with Crippen LogP contribution in [0.1, 0.15) is 66.7 Å². The Labute approximate surface area is 154 Å². The average Bonchev–Trinajstić information content (AvgIpc) is 2.67. The number of nitrogens with zero attached hydrogens (tertiary/aromatic N) is 1. The Balaban J connectivity index is 1.85. The number of anilines is 1. The third-order valence-electron chi connectivity index (χ3n) is 5.13. The van der Waals surface area contributed by atoms with E-state index in [9.17, 15) is 4.79 Å². The molecule has 3 rings (SSSR count). The van der Waals surface area contributed by atoms with E-state index in [-0.39, 0.29) is 11.9 Å². The van der Waals surface area contributed by atoms with E-state index in [4.69, 9.17) is 11.1 Å². The lowest BCUT2D eigenvalue weighted by atomic mass is 9.82. The van der Waals surface area contributed by atoms with Gasteiger partial charge in [-0.25, -0.2) is 0 Å². The predicted molar refractivity (Wildman–Crippen MR) is 104 cm³/mol. The molecule has 0 radical (unpaired) electrons. The van der Waals surface area contributed by atoms with Crippen LogP contribution in [-0.4, -0.2) is 16.6 Å². The van der Waals surface area contributed by atoms with Gasteiger partial charge in [0.2, 0.25) is 0 Å². The highest BCUT2D eigenvalue weighted by molar-refractivity contribution is 6.04. The molecule has 1 aliphatic carbocycles. The number of pyridine rings is 1. The molecule has 1 unspecified atom stereocenters. The molecule has 1 amide bonds. The fraction of sp³-hybridized carbons (Fsp3) is 0.381. The second kappa shape index (κ2) is 8.13. The Kier molecular flexibility index (Phi) is 5.66. The number of benzene rings is 1. The van der Waals surface area contributed by atoms with E-state index >= 15 is 0 Å². The Morgan fingerprint density at radius 2 is 2.00 bits per heavy atom. The molecular weight excluding hydrogens is 324 g/mol. The lowest BCUT2D eigenvalue weighted by Crippen LogP contribution is -2.35. The molecule has 0 aliphatic heterocycles. The fourth-order valence-electron chi connectivity index (χ4n) is 3.71. The summed E-state index contributed by atoms with van der Waals surface area (Å²) in [7, 11) is 0. The SMILES string of the molecule is CC(=N)c1cc(C(=O)NC(c2ccccn2)C2CCCCC2)ccc1N. The summed E-state index contributed by atoms with van der Waals surface area (Å²) in [5.41, 5.74) is 8.82. The number of carbonyl (C=O) groups excluding carboxylic acids is 1. The van der Waals surface area contributed by atoms with E-state index in [1.807, 2.05) is 18.2 Å². The molecule has 0 bridgehead atoms. The molecule has 1 heterocycles. The van der Waals surface area contributed by atoms with Gasteiger partial charge in [-0.3, -0.25) is 9.78 Å². The molecule has 1 fully saturated rings. The van der Waals surface area contributed by atoms with Crippen molar-refractivity contribution in [1.82, 2.24) is 10.3 Å². The van der Waals surface area contributed by atoms with Gasteiger partial charge in [0, 0.05) is 28.7 Å². The number of amides is 1. The van der Waals surface area contributed by atoms with Crippen molar-refractivity contribution in [3.05, 3.63) is 59.4 Å². The van der Waals surface area contributed by atoms with Crippen molar-refractivity contribution in [2.75, 3.05) is 5.73 Å². The smallest absolute Gasteiger partial charge is 0.251 e. The summed E-state index contributed by atoms with van der Waals surface area (Å²) in [5, 5.41) is 11.0. The summed E-state index contributed by atoms with van der Waals surface area (Å²) in [4.78, 5) is 17.4. The topological polar surface area (TPSA) is 91.9 Å². The first-order valence-corrected chi connectivity index (χ1v) is 9.23. The number of hydrogen-bond donors (Lipinski definition) is 3. The number of rotatable bonds is 5. The number of aromatic nitrogens is 1. The van der Waals surface area contributed by atoms with Crippen LogP contribution in [0.3, 0.4) is 0 Å². The summed E-state index contributed by atoms with van der Waals surface area (Å²) in [6, 6.07) is 10.9. The van der Waals surface area contributed by atoms with Crippen molar-refractivity contribution >= 4 is 17.3 Å². The zero-order valence-corrected chi connectivity index (χ0v) is 15.2. The lowest BCUT2D eigenvalue weighted by molar-refractivity contribution is 0.0911. The lowest BCUT2D eigenvalue weighted by Gasteiger charge is -2.30. The number of carbonyl (C=O) groups is 1. The molecular formula is C21H26N4O. The maximum atomic E-state index is 12.9. The molecule has 1 aromatic heterocycles. The monoisotopic (exact) mass is 350 g/mol.